The second-order valence-electron chi connectivity index (χ2n) is 6.86. The van der Waals surface area contributed by atoms with Crippen molar-refractivity contribution in [2.45, 2.75) is 85.5 Å². The summed E-state index contributed by atoms with van der Waals surface area (Å²) in [5.74, 6) is -0.130. The zero-order valence-corrected chi connectivity index (χ0v) is 14.5. The van der Waals surface area contributed by atoms with Gasteiger partial charge in [0.15, 0.2) is 0 Å². The van der Waals surface area contributed by atoms with E-state index in [1.807, 2.05) is 27.7 Å². The summed E-state index contributed by atoms with van der Waals surface area (Å²) in [5.41, 5.74) is -0.591. The summed E-state index contributed by atoms with van der Waals surface area (Å²) in [6, 6.07) is -0.667. The van der Waals surface area contributed by atoms with Crippen LogP contribution in [0.3, 0.4) is 0 Å². The molecule has 2 unspecified atom stereocenters. The van der Waals surface area contributed by atoms with Crippen LogP contribution >= 0.6 is 0 Å². The zero-order valence-electron chi connectivity index (χ0n) is 14.5. The van der Waals surface area contributed by atoms with Gasteiger partial charge in [0, 0.05) is 0 Å². The van der Waals surface area contributed by atoms with Gasteiger partial charge >= 0.3 is 12.1 Å². The summed E-state index contributed by atoms with van der Waals surface area (Å²) in [7, 11) is 0. The lowest BCUT2D eigenvalue weighted by molar-refractivity contribution is -0.151. The second-order valence-corrected chi connectivity index (χ2v) is 6.86. The number of hydrogen-bond donors (Lipinski definition) is 1. The first kappa shape index (κ1) is 19.7. The van der Waals surface area contributed by atoms with Crippen molar-refractivity contribution in [2.75, 3.05) is 0 Å². The zero-order chi connectivity index (χ0) is 16.6. The van der Waals surface area contributed by atoms with Gasteiger partial charge < -0.3 is 14.8 Å². The van der Waals surface area contributed by atoms with Crippen LogP contribution in [-0.2, 0) is 14.3 Å². The molecule has 2 atom stereocenters. The second kappa shape index (κ2) is 8.90. The molecule has 21 heavy (non-hydrogen) atoms. The molecule has 0 rings (SSSR count). The van der Waals surface area contributed by atoms with Crippen LogP contribution in [0.2, 0.25) is 0 Å². The fourth-order valence-corrected chi connectivity index (χ4v) is 1.88. The molecular formula is C16H31NO4. The van der Waals surface area contributed by atoms with Crippen molar-refractivity contribution in [1.29, 1.82) is 0 Å². The highest BCUT2D eigenvalue weighted by molar-refractivity contribution is 5.81. The molecule has 0 aliphatic heterocycles. The number of ether oxygens (including phenoxy) is 2. The summed E-state index contributed by atoms with van der Waals surface area (Å²) in [5, 5.41) is 2.62. The third-order valence-electron chi connectivity index (χ3n) is 2.70. The van der Waals surface area contributed by atoms with Crippen LogP contribution in [0.15, 0.2) is 0 Å². The Hall–Kier alpha value is -1.26. The van der Waals surface area contributed by atoms with Crippen molar-refractivity contribution in [2.24, 2.45) is 5.92 Å². The van der Waals surface area contributed by atoms with Gasteiger partial charge in [-0.15, -0.1) is 0 Å². The quantitative estimate of drug-likeness (QED) is 0.729. The molecule has 0 fully saturated rings. The normalized spacial score (nSPS) is 14.5. The fourth-order valence-electron chi connectivity index (χ4n) is 1.88. The summed E-state index contributed by atoms with van der Waals surface area (Å²) >= 11 is 0. The number of hydrogen-bond acceptors (Lipinski definition) is 4. The van der Waals surface area contributed by atoms with E-state index < -0.39 is 23.7 Å². The van der Waals surface area contributed by atoms with Crippen molar-refractivity contribution in [3.05, 3.63) is 0 Å². The van der Waals surface area contributed by atoms with Gasteiger partial charge in [0.2, 0.25) is 0 Å². The van der Waals surface area contributed by atoms with E-state index >= 15 is 0 Å². The lowest BCUT2D eigenvalue weighted by Gasteiger charge is -2.24. The molecule has 0 aromatic heterocycles. The van der Waals surface area contributed by atoms with Crippen LogP contribution in [0.25, 0.3) is 0 Å². The smallest absolute Gasteiger partial charge is 0.408 e. The summed E-state index contributed by atoms with van der Waals surface area (Å²) in [6.45, 7) is 13.2. The third kappa shape index (κ3) is 10.2. The van der Waals surface area contributed by atoms with E-state index in [0.717, 1.165) is 12.8 Å². The van der Waals surface area contributed by atoms with Crippen molar-refractivity contribution in [3.8, 4) is 0 Å². The van der Waals surface area contributed by atoms with E-state index in [-0.39, 0.29) is 12.0 Å². The number of alkyl carbamates (subject to hydrolysis) is 1. The minimum absolute atomic E-state index is 0.141. The molecule has 5 heteroatoms. The molecule has 0 aliphatic rings. The molecule has 1 amide bonds. The molecule has 0 bridgehead atoms. The Balaban J connectivity index is 4.64. The Morgan fingerprint density at radius 1 is 1.14 bits per heavy atom. The Morgan fingerprint density at radius 3 is 2.14 bits per heavy atom. The predicted octanol–water partition coefficient (Wildman–Crippen LogP) is 3.66. The fraction of sp³-hybridized carbons (Fsp3) is 0.875. The largest absolute Gasteiger partial charge is 0.461 e. The van der Waals surface area contributed by atoms with Crippen LogP contribution < -0.4 is 5.32 Å². The number of carbonyl (C=O) groups is 2. The SMILES string of the molecule is CCCC(C)OC(=O)C(CC(C)C)NC(=O)OC(C)(C)C. The number of carbonyl (C=O) groups excluding carboxylic acids is 2. The van der Waals surface area contributed by atoms with Gasteiger partial charge in [0.05, 0.1) is 6.10 Å². The Labute approximate surface area is 128 Å². The summed E-state index contributed by atoms with van der Waals surface area (Å²) in [6.07, 6.45) is 1.55. The van der Waals surface area contributed by atoms with E-state index in [0.29, 0.717) is 6.42 Å². The maximum absolute atomic E-state index is 12.2. The highest BCUT2D eigenvalue weighted by Crippen LogP contribution is 2.12. The molecule has 5 nitrogen and oxygen atoms in total. The van der Waals surface area contributed by atoms with Gasteiger partial charge in [-0.25, -0.2) is 9.59 Å². The topological polar surface area (TPSA) is 64.6 Å². The van der Waals surface area contributed by atoms with Gasteiger partial charge in [-0.3, -0.25) is 0 Å². The molecule has 0 saturated heterocycles. The molecule has 0 aromatic rings. The number of rotatable bonds is 7. The number of amides is 1. The molecule has 0 heterocycles. The van der Waals surface area contributed by atoms with E-state index in [2.05, 4.69) is 5.32 Å². The number of esters is 1. The van der Waals surface area contributed by atoms with Crippen LogP contribution in [0.5, 0.6) is 0 Å². The standard InChI is InChI=1S/C16H31NO4/c1-8-9-12(4)20-14(18)13(10-11(2)3)17-15(19)21-16(5,6)7/h11-13H,8-10H2,1-7H3,(H,17,19). The van der Waals surface area contributed by atoms with Gasteiger partial charge in [-0.05, 0) is 46.5 Å². The van der Waals surface area contributed by atoms with Gasteiger partial charge in [0.1, 0.15) is 11.6 Å². The van der Waals surface area contributed by atoms with Crippen LogP contribution in [-0.4, -0.2) is 29.8 Å². The third-order valence-corrected chi connectivity index (χ3v) is 2.70. The van der Waals surface area contributed by atoms with Crippen molar-refractivity contribution in [1.82, 2.24) is 5.32 Å². The summed E-state index contributed by atoms with van der Waals surface area (Å²) < 4.78 is 10.6. The molecule has 0 aromatic carbocycles. The molecule has 0 spiro atoms. The van der Waals surface area contributed by atoms with E-state index in [9.17, 15) is 9.59 Å². The lowest BCUT2D eigenvalue weighted by atomic mass is 10.0. The Morgan fingerprint density at radius 2 is 1.71 bits per heavy atom. The van der Waals surface area contributed by atoms with E-state index in [1.54, 1.807) is 20.8 Å². The minimum atomic E-state index is -0.667. The van der Waals surface area contributed by atoms with E-state index in [4.69, 9.17) is 9.47 Å². The maximum atomic E-state index is 12.2. The number of nitrogens with one attached hydrogen (secondary N) is 1. The van der Waals surface area contributed by atoms with Gasteiger partial charge in [0.25, 0.3) is 0 Å². The van der Waals surface area contributed by atoms with Crippen LogP contribution in [0.1, 0.15) is 67.7 Å². The highest BCUT2D eigenvalue weighted by atomic mass is 16.6. The first-order valence-corrected chi connectivity index (χ1v) is 7.75. The Bertz CT molecular complexity index is 334. The van der Waals surface area contributed by atoms with Gasteiger partial charge in [-0.2, -0.15) is 0 Å². The highest BCUT2D eigenvalue weighted by Gasteiger charge is 2.27. The monoisotopic (exact) mass is 301 g/mol. The van der Waals surface area contributed by atoms with Crippen molar-refractivity contribution < 1.29 is 19.1 Å². The summed E-state index contributed by atoms with van der Waals surface area (Å²) in [4.78, 5) is 24.0. The first-order valence-electron chi connectivity index (χ1n) is 7.75. The van der Waals surface area contributed by atoms with Crippen molar-refractivity contribution >= 4 is 12.1 Å². The molecule has 0 aliphatic carbocycles. The Kier molecular flexibility index (Phi) is 8.37. The molecule has 124 valence electrons. The molecule has 0 radical (unpaired) electrons. The minimum Gasteiger partial charge on any atom is -0.461 e. The maximum Gasteiger partial charge on any atom is 0.408 e. The first-order chi connectivity index (χ1) is 9.55. The average molecular weight is 301 g/mol. The van der Waals surface area contributed by atoms with Crippen LogP contribution in [0.4, 0.5) is 4.79 Å². The molecule has 0 saturated carbocycles. The lowest BCUT2D eigenvalue weighted by Crippen LogP contribution is -2.45. The average Bonchev–Trinajstić information content (AvgIpc) is 2.24. The van der Waals surface area contributed by atoms with Gasteiger partial charge in [-0.1, -0.05) is 27.2 Å². The molecule has 1 N–H and O–H groups in total. The van der Waals surface area contributed by atoms with Crippen LogP contribution in [0, 0.1) is 5.92 Å². The van der Waals surface area contributed by atoms with Crippen molar-refractivity contribution in [3.63, 3.8) is 0 Å². The predicted molar refractivity (Wildman–Crippen MR) is 83.1 cm³/mol. The van der Waals surface area contributed by atoms with E-state index in [1.165, 1.54) is 0 Å². The molecular weight excluding hydrogens is 270 g/mol.